The molecule has 0 bridgehead atoms. The summed E-state index contributed by atoms with van der Waals surface area (Å²) in [6, 6.07) is 0. The molecule has 0 aliphatic heterocycles. The highest BCUT2D eigenvalue weighted by molar-refractivity contribution is 5.71. The Morgan fingerprint density at radius 3 is 0.753 bits per heavy atom. The molecule has 0 aromatic heterocycles. The van der Waals surface area contributed by atoms with E-state index in [9.17, 15) is 14.4 Å². The summed E-state index contributed by atoms with van der Waals surface area (Å²) in [6.07, 6.45) is 95.3. The second kappa shape index (κ2) is 68.3. The molecule has 1 unspecified atom stereocenters. The molecule has 1 atom stereocenters. The topological polar surface area (TPSA) is 78.9 Å². The maximum Gasteiger partial charge on any atom is 0.306 e. The molecule has 0 aromatic rings. The van der Waals surface area contributed by atoms with Gasteiger partial charge >= 0.3 is 17.9 Å². The van der Waals surface area contributed by atoms with Gasteiger partial charge in [0.05, 0.1) is 0 Å². The number of carbonyl (C=O) groups excluding carboxylic acids is 3. The number of rotatable bonds is 61. The van der Waals surface area contributed by atoms with Gasteiger partial charge in [-0.1, -0.05) is 322 Å². The van der Waals surface area contributed by atoms with Gasteiger partial charge in [-0.2, -0.15) is 0 Å². The number of allylic oxidation sites excluding steroid dienone is 20. The molecular formula is C75H126O6. The van der Waals surface area contributed by atoms with Crippen LogP contribution < -0.4 is 0 Å². The lowest BCUT2D eigenvalue weighted by molar-refractivity contribution is -0.167. The lowest BCUT2D eigenvalue weighted by Crippen LogP contribution is -2.30. The summed E-state index contributed by atoms with van der Waals surface area (Å²) in [4.78, 5) is 38.2. The molecule has 0 spiro atoms. The number of hydrogen-bond acceptors (Lipinski definition) is 6. The van der Waals surface area contributed by atoms with E-state index in [2.05, 4.69) is 142 Å². The van der Waals surface area contributed by atoms with Crippen molar-refractivity contribution < 1.29 is 28.6 Å². The summed E-state index contributed by atoms with van der Waals surface area (Å²) in [6.45, 7) is 6.49. The number of unbranched alkanes of at least 4 members (excludes halogenated alkanes) is 30. The Balaban J connectivity index is 4.25. The molecule has 6 nitrogen and oxygen atoms in total. The highest BCUT2D eigenvalue weighted by atomic mass is 16.6. The molecule has 81 heavy (non-hydrogen) atoms. The molecular weight excluding hydrogens is 997 g/mol. The fourth-order valence-corrected chi connectivity index (χ4v) is 9.41. The van der Waals surface area contributed by atoms with Crippen LogP contribution in [0.15, 0.2) is 122 Å². The quantitative estimate of drug-likeness (QED) is 0.0261. The highest BCUT2D eigenvalue weighted by Gasteiger charge is 2.19. The number of carbonyl (C=O) groups is 3. The predicted octanol–water partition coefficient (Wildman–Crippen LogP) is 23.6. The van der Waals surface area contributed by atoms with Gasteiger partial charge < -0.3 is 14.2 Å². The average Bonchev–Trinajstić information content (AvgIpc) is 3.47. The van der Waals surface area contributed by atoms with Crippen LogP contribution in [-0.4, -0.2) is 37.2 Å². The molecule has 0 N–H and O–H groups in total. The maximum atomic E-state index is 12.9. The van der Waals surface area contributed by atoms with E-state index in [0.29, 0.717) is 19.3 Å². The van der Waals surface area contributed by atoms with Crippen molar-refractivity contribution >= 4 is 17.9 Å². The highest BCUT2D eigenvalue weighted by Crippen LogP contribution is 2.17. The summed E-state index contributed by atoms with van der Waals surface area (Å²) in [7, 11) is 0. The lowest BCUT2D eigenvalue weighted by atomic mass is 10.0. The van der Waals surface area contributed by atoms with Crippen LogP contribution in [0.1, 0.15) is 316 Å². The van der Waals surface area contributed by atoms with Crippen molar-refractivity contribution in [2.75, 3.05) is 13.2 Å². The van der Waals surface area contributed by atoms with Crippen LogP contribution in [0, 0.1) is 0 Å². The molecule has 0 aliphatic rings. The second-order valence-corrected chi connectivity index (χ2v) is 22.4. The zero-order valence-corrected chi connectivity index (χ0v) is 53.0. The average molecular weight is 1120 g/mol. The number of ether oxygens (including phenoxy) is 3. The molecule has 0 radical (unpaired) electrons. The number of esters is 3. The van der Waals surface area contributed by atoms with Crippen molar-refractivity contribution in [1.82, 2.24) is 0 Å². The normalized spacial score (nSPS) is 12.9. The van der Waals surface area contributed by atoms with Gasteiger partial charge in [0.2, 0.25) is 0 Å². The molecule has 0 rings (SSSR count). The van der Waals surface area contributed by atoms with E-state index in [1.807, 2.05) is 0 Å². The third-order valence-electron chi connectivity index (χ3n) is 14.5. The summed E-state index contributed by atoms with van der Waals surface area (Å²) in [5.41, 5.74) is 0. The maximum absolute atomic E-state index is 12.9. The van der Waals surface area contributed by atoms with E-state index in [4.69, 9.17) is 14.2 Å². The van der Waals surface area contributed by atoms with Gasteiger partial charge in [0.15, 0.2) is 6.10 Å². The van der Waals surface area contributed by atoms with Crippen molar-refractivity contribution in [3.63, 3.8) is 0 Å². The SMILES string of the molecule is CC/C=C\C/C=C\C/C=C\C/C=C\C/C=C\C/C=C\C/C=C\C/C=C\C/C=C\C/C=C\CCCCC(=O)OCC(COC(=O)CCCCCCCCCC)OC(=O)CCCCCCCCCCCCCCCCCCCCCCCC. The van der Waals surface area contributed by atoms with Crippen LogP contribution in [0.4, 0.5) is 0 Å². The van der Waals surface area contributed by atoms with Crippen LogP contribution >= 0.6 is 0 Å². The Kier molecular flexibility index (Phi) is 64.8. The first-order chi connectivity index (χ1) is 40.0. The first kappa shape index (κ1) is 76.8. The summed E-state index contributed by atoms with van der Waals surface area (Å²) < 4.78 is 16.8. The van der Waals surface area contributed by atoms with E-state index in [0.717, 1.165) is 122 Å². The summed E-state index contributed by atoms with van der Waals surface area (Å²) in [5.74, 6) is -0.931. The lowest BCUT2D eigenvalue weighted by Gasteiger charge is -2.18. The van der Waals surface area contributed by atoms with Crippen LogP contribution in [0.3, 0.4) is 0 Å². The van der Waals surface area contributed by atoms with Gasteiger partial charge in [-0.3, -0.25) is 14.4 Å². The first-order valence-corrected chi connectivity index (χ1v) is 34.0. The Labute approximate surface area is 501 Å². The molecule has 0 heterocycles. The zero-order valence-electron chi connectivity index (χ0n) is 53.0. The molecule has 6 heteroatoms. The van der Waals surface area contributed by atoms with Crippen molar-refractivity contribution in [1.29, 1.82) is 0 Å². The van der Waals surface area contributed by atoms with Crippen LogP contribution in [0.25, 0.3) is 0 Å². The van der Waals surface area contributed by atoms with Crippen molar-refractivity contribution in [2.45, 2.75) is 322 Å². The standard InChI is InChI=1S/C75H126O6/c1-4-7-10-13-16-19-21-23-25-27-29-31-33-34-35-36-37-38-39-40-41-42-43-45-46-48-50-52-54-56-59-62-65-68-74(77)80-71-72(70-79-73(76)67-64-61-58-18-15-12-9-6-3)81-75(78)69-66-63-60-57-55-53-51-49-47-44-32-30-28-26-24-22-20-17-14-11-8-5-2/h7,10,16,19,23,25,29,31,34-35,37-38,40-41,43,45,48,50,54,56,72H,4-6,8-9,11-15,17-18,20-22,24,26-28,30,32-33,36,39,42,44,46-47,49,51-53,55,57-71H2,1-3H3/b10-7-,19-16-,25-23-,31-29-,35-34-,38-37-,41-40-,45-43-,50-48-,56-54-. The van der Waals surface area contributed by atoms with Gasteiger partial charge in [0, 0.05) is 19.3 Å². The minimum atomic E-state index is -0.795. The van der Waals surface area contributed by atoms with E-state index in [1.165, 1.54) is 154 Å². The minimum absolute atomic E-state index is 0.0899. The largest absolute Gasteiger partial charge is 0.462 e. The Morgan fingerprint density at radius 1 is 0.259 bits per heavy atom. The third kappa shape index (κ3) is 66.5. The van der Waals surface area contributed by atoms with Gasteiger partial charge in [-0.05, 0) is 96.3 Å². The summed E-state index contributed by atoms with van der Waals surface area (Å²) in [5, 5.41) is 0. The molecule has 0 saturated carbocycles. The third-order valence-corrected chi connectivity index (χ3v) is 14.5. The predicted molar refractivity (Wildman–Crippen MR) is 353 cm³/mol. The van der Waals surface area contributed by atoms with Crippen LogP contribution in [-0.2, 0) is 28.6 Å². The van der Waals surface area contributed by atoms with Crippen LogP contribution in [0.5, 0.6) is 0 Å². The van der Waals surface area contributed by atoms with E-state index < -0.39 is 6.10 Å². The van der Waals surface area contributed by atoms with Gasteiger partial charge in [-0.15, -0.1) is 0 Å². The van der Waals surface area contributed by atoms with Crippen molar-refractivity contribution in [2.24, 2.45) is 0 Å². The van der Waals surface area contributed by atoms with Crippen molar-refractivity contribution in [3.8, 4) is 0 Å². The van der Waals surface area contributed by atoms with Gasteiger partial charge in [0.1, 0.15) is 13.2 Å². The Hall–Kier alpha value is -4.19. The van der Waals surface area contributed by atoms with E-state index in [-0.39, 0.29) is 31.1 Å². The molecule has 0 amide bonds. The molecule has 0 aliphatic carbocycles. The van der Waals surface area contributed by atoms with E-state index in [1.54, 1.807) is 0 Å². The minimum Gasteiger partial charge on any atom is -0.462 e. The zero-order chi connectivity index (χ0) is 58.5. The molecule has 0 fully saturated rings. The fraction of sp³-hybridized carbons (Fsp3) is 0.693. The van der Waals surface area contributed by atoms with Gasteiger partial charge in [-0.25, -0.2) is 0 Å². The van der Waals surface area contributed by atoms with Crippen LogP contribution in [0.2, 0.25) is 0 Å². The Bertz CT molecular complexity index is 1670. The van der Waals surface area contributed by atoms with Crippen molar-refractivity contribution in [3.05, 3.63) is 122 Å². The smallest absolute Gasteiger partial charge is 0.306 e. The Morgan fingerprint density at radius 2 is 0.481 bits per heavy atom. The fourth-order valence-electron chi connectivity index (χ4n) is 9.41. The number of hydrogen-bond donors (Lipinski definition) is 0. The molecule has 0 aromatic carbocycles. The van der Waals surface area contributed by atoms with E-state index >= 15 is 0 Å². The molecule has 462 valence electrons. The second-order valence-electron chi connectivity index (χ2n) is 22.4. The van der Waals surface area contributed by atoms with Gasteiger partial charge in [0.25, 0.3) is 0 Å². The monoisotopic (exact) mass is 1120 g/mol. The summed E-state index contributed by atoms with van der Waals surface area (Å²) >= 11 is 0. The molecule has 0 saturated heterocycles. The first-order valence-electron chi connectivity index (χ1n) is 34.0.